The Labute approximate surface area is 169 Å². The zero-order valence-electron chi connectivity index (χ0n) is 17.2. The van der Waals surface area contributed by atoms with Crippen molar-refractivity contribution in [2.75, 3.05) is 5.75 Å². The van der Waals surface area contributed by atoms with E-state index in [4.69, 9.17) is 5.11 Å². The summed E-state index contributed by atoms with van der Waals surface area (Å²) in [6, 6.07) is 0. The van der Waals surface area contributed by atoms with E-state index in [9.17, 15) is 9.90 Å². The molecule has 4 aliphatic rings. The summed E-state index contributed by atoms with van der Waals surface area (Å²) < 4.78 is 0. The highest BCUT2D eigenvalue weighted by molar-refractivity contribution is 7.99. The molecule has 3 nitrogen and oxygen atoms in total. The SMILES string of the molecule is C[C@]12CCC3[C@@H](CCS[C@H]4C[C@H](O)CC[C@]34C)C1CC[C@@H]2CCCC(=O)O. The number of hydrogen-bond acceptors (Lipinski definition) is 3. The van der Waals surface area contributed by atoms with Gasteiger partial charge in [0.15, 0.2) is 0 Å². The predicted octanol–water partition coefficient (Wildman–Crippen LogP) is 5.36. The smallest absolute Gasteiger partial charge is 0.303 e. The van der Waals surface area contributed by atoms with Gasteiger partial charge < -0.3 is 10.2 Å². The van der Waals surface area contributed by atoms with Gasteiger partial charge in [0.25, 0.3) is 0 Å². The van der Waals surface area contributed by atoms with Crippen LogP contribution in [-0.2, 0) is 4.79 Å². The van der Waals surface area contributed by atoms with Crippen molar-refractivity contribution in [3.63, 3.8) is 0 Å². The molecule has 0 aromatic carbocycles. The summed E-state index contributed by atoms with van der Waals surface area (Å²) in [7, 11) is 0. The van der Waals surface area contributed by atoms with Gasteiger partial charge in [-0.25, -0.2) is 0 Å². The van der Waals surface area contributed by atoms with Gasteiger partial charge in [-0.05, 0) is 104 Å². The molecule has 4 heteroatoms. The first-order chi connectivity index (χ1) is 12.8. The number of carboxylic acids is 1. The zero-order chi connectivity index (χ0) is 19.2. The number of thioether (sulfide) groups is 1. The highest BCUT2D eigenvalue weighted by atomic mass is 32.2. The topological polar surface area (TPSA) is 57.5 Å². The molecular formula is C23H38O3S. The number of aliphatic hydroxyl groups is 1. The molecule has 27 heavy (non-hydrogen) atoms. The molecule has 2 N–H and O–H groups in total. The van der Waals surface area contributed by atoms with Gasteiger partial charge in [0.2, 0.25) is 0 Å². The molecule has 154 valence electrons. The van der Waals surface area contributed by atoms with Crippen molar-refractivity contribution in [1.29, 1.82) is 0 Å². The van der Waals surface area contributed by atoms with Crippen LogP contribution < -0.4 is 0 Å². The molecule has 1 aliphatic heterocycles. The summed E-state index contributed by atoms with van der Waals surface area (Å²) in [6.45, 7) is 5.11. The summed E-state index contributed by atoms with van der Waals surface area (Å²) in [4.78, 5) is 10.9. The van der Waals surface area contributed by atoms with E-state index in [2.05, 4.69) is 25.6 Å². The Morgan fingerprint density at radius 3 is 2.56 bits per heavy atom. The molecule has 1 heterocycles. The number of fused-ring (bicyclic) bond motifs is 5. The molecule has 0 radical (unpaired) electrons. The fourth-order valence-corrected chi connectivity index (χ4v) is 9.62. The van der Waals surface area contributed by atoms with Crippen molar-refractivity contribution < 1.29 is 15.0 Å². The van der Waals surface area contributed by atoms with Crippen molar-refractivity contribution in [3.05, 3.63) is 0 Å². The molecule has 4 fully saturated rings. The quantitative estimate of drug-likeness (QED) is 0.674. The van der Waals surface area contributed by atoms with Gasteiger partial charge in [0, 0.05) is 11.7 Å². The molecule has 0 amide bonds. The zero-order valence-corrected chi connectivity index (χ0v) is 18.0. The van der Waals surface area contributed by atoms with Gasteiger partial charge in [0.1, 0.15) is 0 Å². The maximum absolute atomic E-state index is 10.9. The van der Waals surface area contributed by atoms with Crippen molar-refractivity contribution in [1.82, 2.24) is 0 Å². The van der Waals surface area contributed by atoms with E-state index in [1.54, 1.807) is 0 Å². The fourth-order valence-electron chi connectivity index (χ4n) is 7.89. The Morgan fingerprint density at radius 1 is 1.04 bits per heavy atom. The van der Waals surface area contributed by atoms with Crippen LogP contribution in [0.15, 0.2) is 0 Å². The van der Waals surface area contributed by atoms with Crippen LogP contribution in [0.25, 0.3) is 0 Å². The van der Waals surface area contributed by atoms with Crippen molar-refractivity contribution in [3.8, 4) is 0 Å². The first-order valence-electron chi connectivity index (χ1n) is 11.4. The minimum Gasteiger partial charge on any atom is -0.481 e. The lowest BCUT2D eigenvalue weighted by molar-refractivity contribution is -0.137. The van der Waals surface area contributed by atoms with Crippen LogP contribution in [0.4, 0.5) is 0 Å². The van der Waals surface area contributed by atoms with Crippen LogP contribution in [-0.4, -0.2) is 33.3 Å². The number of carboxylic acid groups (broad SMARTS) is 1. The van der Waals surface area contributed by atoms with E-state index in [1.165, 1.54) is 44.3 Å². The molecular weight excluding hydrogens is 356 g/mol. The van der Waals surface area contributed by atoms with Gasteiger partial charge in [-0.3, -0.25) is 4.79 Å². The summed E-state index contributed by atoms with van der Waals surface area (Å²) in [5.74, 6) is 3.89. The van der Waals surface area contributed by atoms with Crippen molar-refractivity contribution in [2.45, 2.75) is 95.8 Å². The highest BCUT2D eigenvalue weighted by Crippen LogP contribution is 2.66. The van der Waals surface area contributed by atoms with Gasteiger partial charge in [-0.1, -0.05) is 13.8 Å². The Morgan fingerprint density at radius 2 is 1.78 bits per heavy atom. The van der Waals surface area contributed by atoms with E-state index in [-0.39, 0.29) is 6.10 Å². The first-order valence-corrected chi connectivity index (χ1v) is 12.4. The maximum Gasteiger partial charge on any atom is 0.303 e. The van der Waals surface area contributed by atoms with Crippen molar-refractivity contribution >= 4 is 17.7 Å². The van der Waals surface area contributed by atoms with Crippen molar-refractivity contribution in [2.24, 2.45) is 34.5 Å². The summed E-state index contributed by atoms with van der Waals surface area (Å²) in [6.07, 6.45) is 12.2. The molecule has 3 aliphatic carbocycles. The second-order valence-electron chi connectivity index (χ2n) is 10.6. The largest absolute Gasteiger partial charge is 0.481 e. The minimum atomic E-state index is -0.641. The second kappa shape index (κ2) is 7.55. The summed E-state index contributed by atoms with van der Waals surface area (Å²) >= 11 is 2.16. The monoisotopic (exact) mass is 394 g/mol. The highest BCUT2D eigenvalue weighted by Gasteiger charge is 2.58. The molecule has 0 aromatic rings. The van der Waals surface area contributed by atoms with Crippen LogP contribution in [0.2, 0.25) is 0 Å². The van der Waals surface area contributed by atoms with E-state index < -0.39 is 5.97 Å². The van der Waals surface area contributed by atoms with E-state index in [0.29, 0.717) is 22.5 Å². The first kappa shape index (κ1) is 20.1. The molecule has 2 unspecified atom stereocenters. The molecule has 1 saturated heterocycles. The fraction of sp³-hybridized carbons (Fsp3) is 0.957. The third-order valence-electron chi connectivity index (χ3n) is 9.43. The minimum absolute atomic E-state index is 0.0777. The summed E-state index contributed by atoms with van der Waals surface area (Å²) in [5.41, 5.74) is 0.850. The Kier molecular flexibility index (Phi) is 5.61. The summed E-state index contributed by atoms with van der Waals surface area (Å²) in [5, 5.41) is 19.9. The lowest BCUT2D eigenvalue weighted by Gasteiger charge is -2.56. The molecule has 4 rings (SSSR count). The van der Waals surface area contributed by atoms with Gasteiger partial charge >= 0.3 is 5.97 Å². The van der Waals surface area contributed by atoms with Gasteiger partial charge in [-0.2, -0.15) is 11.8 Å². The van der Waals surface area contributed by atoms with Crippen LogP contribution in [0.3, 0.4) is 0 Å². The number of aliphatic hydroxyl groups excluding tert-OH is 1. The second-order valence-corrected chi connectivity index (χ2v) is 11.9. The standard InChI is InChI=1S/C23H38O3S/c1-22-12-9-19-17(18(22)7-6-15(22)4-3-5-21(25)26)10-13-27-20-14-16(24)8-11-23(19,20)2/h15-20,24H,3-14H2,1-2H3,(H,25,26)/t15-,16+,17-,18?,19?,20-,22+,23+/m0/s1. The third-order valence-corrected chi connectivity index (χ3v) is 11.0. The number of carbonyl (C=O) groups is 1. The average molecular weight is 395 g/mol. The normalized spacial score (nSPS) is 49.6. The molecule has 0 aromatic heterocycles. The van der Waals surface area contributed by atoms with Crippen LogP contribution in [0, 0.1) is 34.5 Å². The van der Waals surface area contributed by atoms with E-state index in [0.717, 1.165) is 49.4 Å². The van der Waals surface area contributed by atoms with Crippen LogP contribution >= 0.6 is 11.8 Å². The predicted molar refractivity (Wildman–Crippen MR) is 111 cm³/mol. The number of aliphatic carboxylic acids is 1. The Balaban J connectivity index is 1.51. The average Bonchev–Trinajstić information content (AvgIpc) is 2.87. The van der Waals surface area contributed by atoms with E-state index >= 15 is 0 Å². The molecule has 3 saturated carbocycles. The lowest BCUT2D eigenvalue weighted by atomic mass is 9.50. The van der Waals surface area contributed by atoms with Gasteiger partial charge in [-0.15, -0.1) is 0 Å². The lowest BCUT2D eigenvalue weighted by Crippen LogP contribution is -2.50. The van der Waals surface area contributed by atoms with Gasteiger partial charge in [0.05, 0.1) is 6.10 Å². The Hall–Kier alpha value is -0.220. The molecule has 8 atom stereocenters. The number of rotatable bonds is 4. The molecule has 0 spiro atoms. The molecule has 0 bridgehead atoms. The Bertz CT molecular complexity index is 566. The maximum atomic E-state index is 10.9. The van der Waals surface area contributed by atoms with Crippen LogP contribution in [0.5, 0.6) is 0 Å². The number of hydrogen-bond donors (Lipinski definition) is 2. The van der Waals surface area contributed by atoms with E-state index in [1.807, 2.05) is 0 Å². The van der Waals surface area contributed by atoms with Crippen LogP contribution in [0.1, 0.15) is 84.5 Å². The third kappa shape index (κ3) is 3.47.